The normalized spacial score (nSPS) is 23.8. The molecule has 0 spiro atoms. The molecule has 2 saturated heterocycles. The van der Waals surface area contributed by atoms with Crippen molar-refractivity contribution < 1.29 is 59.3 Å². The van der Waals surface area contributed by atoms with Gasteiger partial charge in [-0.2, -0.15) is 13.2 Å². The molecule has 0 bridgehead atoms. The maximum atomic E-state index is 15.0. The zero-order valence-corrected chi connectivity index (χ0v) is 33.5. The van der Waals surface area contributed by atoms with E-state index in [9.17, 15) is 49.9 Å². The van der Waals surface area contributed by atoms with Crippen molar-refractivity contribution in [1.29, 1.82) is 0 Å². The van der Waals surface area contributed by atoms with Crippen molar-refractivity contribution in [3.8, 4) is 11.5 Å². The van der Waals surface area contributed by atoms with E-state index in [0.717, 1.165) is 23.8 Å². The van der Waals surface area contributed by atoms with Crippen molar-refractivity contribution in [3.05, 3.63) is 75.7 Å². The Kier molecular flexibility index (Phi) is 12.7. The van der Waals surface area contributed by atoms with Crippen LogP contribution in [-0.4, -0.2) is 89.7 Å². The van der Waals surface area contributed by atoms with Crippen LogP contribution >= 0.6 is 11.3 Å². The summed E-state index contributed by atoms with van der Waals surface area (Å²) >= 11 is 0.390. The van der Waals surface area contributed by atoms with Crippen molar-refractivity contribution in [3.63, 3.8) is 0 Å². The highest BCUT2D eigenvalue weighted by molar-refractivity contribution is 7.89. The minimum Gasteiger partial charge on any atom is -0.490 e. The summed E-state index contributed by atoms with van der Waals surface area (Å²) in [6.07, 6.45) is -4.18. The van der Waals surface area contributed by atoms with Gasteiger partial charge < -0.3 is 24.4 Å². The van der Waals surface area contributed by atoms with Gasteiger partial charge in [-0.15, -0.1) is 11.3 Å². The molecule has 3 aliphatic rings. The molecule has 3 fully saturated rings. The van der Waals surface area contributed by atoms with Crippen LogP contribution in [0.15, 0.2) is 54.0 Å². The molecule has 0 radical (unpaired) electrons. The minimum atomic E-state index is -4.69. The number of benzene rings is 1. The van der Waals surface area contributed by atoms with Gasteiger partial charge in [0.1, 0.15) is 22.1 Å². The third-order valence-electron chi connectivity index (χ3n) is 11.1. The molecular formula is C39H45F5N4O8S2. The number of aromatic nitrogens is 1. The molecule has 12 nitrogen and oxygen atoms in total. The number of hydrogen-bond acceptors (Lipinski definition) is 10. The molecule has 6 rings (SSSR count). The Morgan fingerprint density at radius 3 is 2.45 bits per heavy atom. The summed E-state index contributed by atoms with van der Waals surface area (Å²) in [4.78, 5) is 47.3. The Balaban J connectivity index is 1.26. The Hall–Kier alpha value is -4.36. The molecule has 58 heavy (non-hydrogen) atoms. The van der Waals surface area contributed by atoms with Gasteiger partial charge in [-0.1, -0.05) is 31.5 Å². The number of pyridine rings is 1. The fourth-order valence-electron chi connectivity index (χ4n) is 8.35. The lowest BCUT2D eigenvalue weighted by atomic mass is 9.78. The van der Waals surface area contributed by atoms with E-state index in [1.807, 2.05) is 4.72 Å². The van der Waals surface area contributed by atoms with Crippen molar-refractivity contribution in [1.82, 2.24) is 19.5 Å². The summed E-state index contributed by atoms with van der Waals surface area (Å²) in [5.74, 6) is -2.53. The van der Waals surface area contributed by atoms with E-state index in [0.29, 0.717) is 41.9 Å². The second-order valence-corrected chi connectivity index (χ2v) is 17.8. The van der Waals surface area contributed by atoms with Gasteiger partial charge in [-0.05, 0) is 63.1 Å². The van der Waals surface area contributed by atoms with Crippen LogP contribution in [0.4, 0.5) is 22.0 Å². The predicted molar refractivity (Wildman–Crippen MR) is 202 cm³/mol. The van der Waals surface area contributed by atoms with Crippen LogP contribution in [0.3, 0.4) is 0 Å². The molecule has 3 amide bonds. The standard InChI is InChI=1S/C39H45F5N4O8S2/c1-3-8-30-38(56-26-22-31(57-23-26)39(42,43)44,14-7-18-48(30)35(50)32-27(33(40)41)9-6-17-45-32)36(51)47-19-15-37(52,16-20-47)28-10-4-5-11-29(28)55-25-13-12-24(21-25)34(49)46-58(2,53)54/h4-6,9-11,17,22-25,30,33,52H,3,7-8,12-16,18-21H2,1-2H3,(H,46,49)/t24-,25-,30-,38+/m1/s1. The van der Waals surface area contributed by atoms with Gasteiger partial charge in [0, 0.05) is 60.7 Å². The number of rotatable bonds is 12. The molecule has 2 aliphatic heterocycles. The smallest absolute Gasteiger partial charge is 0.425 e. The fourth-order valence-corrected chi connectivity index (χ4v) is 9.55. The van der Waals surface area contributed by atoms with E-state index in [4.69, 9.17) is 9.47 Å². The minimum absolute atomic E-state index is 0.00341. The number of carbonyl (C=O) groups is 3. The molecule has 1 saturated carbocycles. The van der Waals surface area contributed by atoms with Crippen LogP contribution in [0.5, 0.6) is 11.5 Å². The summed E-state index contributed by atoms with van der Waals surface area (Å²) in [6, 6.07) is 8.90. The zero-order chi connectivity index (χ0) is 42.0. The van der Waals surface area contributed by atoms with Crippen LogP contribution in [0.2, 0.25) is 0 Å². The second-order valence-electron chi connectivity index (χ2n) is 15.1. The van der Waals surface area contributed by atoms with Crippen LogP contribution < -0.4 is 14.2 Å². The monoisotopic (exact) mass is 856 g/mol. The van der Waals surface area contributed by atoms with Gasteiger partial charge in [0.25, 0.3) is 18.2 Å². The average molecular weight is 857 g/mol. The molecular weight excluding hydrogens is 812 g/mol. The lowest BCUT2D eigenvalue weighted by molar-refractivity contribution is -0.163. The van der Waals surface area contributed by atoms with Gasteiger partial charge in [0.2, 0.25) is 21.5 Å². The number of carbonyl (C=O) groups excluding carboxylic acids is 3. The Morgan fingerprint density at radius 1 is 1.07 bits per heavy atom. The third-order valence-corrected chi connectivity index (χ3v) is 12.6. The number of alkyl halides is 5. The van der Waals surface area contributed by atoms with Gasteiger partial charge in [0.15, 0.2) is 0 Å². The van der Waals surface area contributed by atoms with Crippen molar-refractivity contribution in [2.75, 3.05) is 25.9 Å². The molecule has 0 unspecified atom stereocenters. The highest BCUT2D eigenvalue weighted by Gasteiger charge is 2.56. The molecule has 2 aromatic heterocycles. The van der Waals surface area contributed by atoms with E-state index < -0.39 is 85.7 Å². The summed E-state index contributed by atoms with van der Waals surface area (Å²) in [5, 5.41) is 13.2. The number of amides is 3. The number of halogens is 5. The lowest BCUT2D eigenvalue weighted by Crippen LogP contribution is -2.68. The topological polar surface area (TPSA) is 155 Å². The summed E-state index contributed by atoms with van der Waals surface area (Å²) in [6.45, 7) is 1.80. The number of para-hydroxylation sites is 1. The van der Waals surface area contributed by atoms with Gasteiger partial charge in [0.05, 0.1) is 24.0 Å². The zero-order valence-electron chi connectivity index (χ0n) is 31.8. The Morgan fingerprint density at radius 2 is 1.79 bits per heavy atom. The van der Waals surface area contributed by atoms with E-state index in [1.54, 1.807) is 31.2 Å². The Bertz CT molecular complexity index is 2090. The van der Waals surface area contributed by atoms with E-state index in [1.165, 1.54) is 22.1 Å². The van der Waals surface area contributed by atoms with Crippen molar-refractivity contribution >= 4 is 39.1 Å². The largest absolute Gasteiger partial charge is 0.490 e. The van der Waals surface area contributed by atoms with Crippen LogP contribution in [0.1, 0.15) is 97.6 Å². The van der Waals surface area contributed by atoms with Gasteiger partial charge in [-0.3, -0.25) is 24.1 Å². The van der Waals surface area contributed by atoms with Gasteiger partial charge in [-0.25, -0.2) is 17.2 Å². The van der Waals surface area contributed by atoms with Crippen LogP contribution in [-0.2, 0) is 31.4 Å². The quantitative estimate of drug-likeness (QED) is 0.196. The number of sulfonamides is 1. The number of nitrogens with one attached hydrogen (secondary N) is 1. The molecule has 19 heteroatoms. The van der Waals surface area contributed by atoms with E-state index in [2.05, 4.69) is 4.98 Å². The maximum Gasteiger partial charge on any atom is 0.425 e. The highest BCUT2D eigenvalue weighted by Crippen LogP contribution is 2.45. The third kappa shape index (κ3) is 9.25. The number of aliphatic hydroxyl groups is 1. The van der Waals surface area contributed by atoms with Gasteiger partial charge >= 0.3 is 6.18 Å². The molecule has 316 valence electrons. The lowest BCUT2D eigenvalue weighted by Gasteiger charge is -2.51. The second kappa shape index (κ2) is 17.1. The molecule has 3 aromatic rings. The van der Waals surface area contributed by atoms with E-state index >= 15 is 0 Å². The SMILES string of the molecule is CCC[C@H]1N(C(=O)c2ncccc2C(F)F)CCC[C@@]1(Oc1csc(C(F)(F)F)c1)C(=O)N1CCC(O)(c2ccccc2O[C@@H]2CC[C@@H](C(=O)NS(C)(=O)=O)C2)CC1. The first kappa shape index (κ1) is 43.2. The number of piperidine rings is 2. The molecule has 1 aliphatic carbocycles. The first-order valence-electron chi connectivity index (χ1n) is 19.0. The molecule has 4 atom stereocenters. The maximum absolute atomic E-state index is 15.0. The number of thiophene rings is 1. The van der Waals surface area contributed by atoms with Crippen LogP contribution in [0.25, 0.3) is 0 Å². The fraction of sp³-hybridized carbons (Fsp3) is 0.538. The first-order valence-corrected chi connectivity index (χ1v) is 21.8. The van der Waals surface area contributed by atoms with Crippen molar-refractivity contribution in [2.24, 2.45) is 5.92 Å². The Labute approximate surface area is 336 Å². The average Bonchev–Trinajstić information content (AvgIpc) is 3.85. The number of hydrogen-bond donors (Lipinski definition) is 2. The molecule has 4 heterocycles. The number of ether oxygens (including phenoxy) is 2. The number of nitrogens with zero attached hydrogens (tertiary/aromatic N) is 3. The highest BCUT2D eigenvalue weighted by atomic mass is 32.2. The molecule has 1 aromatic carbocycles. The summed E-state index contributed by atoms with van der Waals surface area (Å²) in [7, 11) is -3.73. The summed E-state index contributed by atoms with van der Waals surface area (Å²) < 4.78 is 107. The summed E-state index contributed by atoms with van der Waals surface area (Å²) in [5.41, 5.74) is -4.07. The first-order chi connectivity index (χ1) is 27.3. The van der Waals surface area contributed by atoms with E-state index in [-0.39, 0.29) is 63.9 Å². The van der Waals surface area contributed by atoms with Crippen molar-refractivity contribution in [2.45, 2.75) is 101 Å². The predicted octanol–water partition coefficient (Wildman–Crippen LogP) is 6.46. The van der Waals surface area contributed by atoms with Crippen LogP contribution in [0, 0.1) is 5.92 Å². The number of likely N-dealkylation sites (tertiary alicyclic amines) is 2. The molecule has 2 N–H and O–H groups in total.